The van der Waals surface area contributed by atoms with Crippen LogP contribution in [0.3, 0.4) is 0 Å². The summed E-state index contributed by atoms with van der Waals surface area (Å²) in [6.07, 6.45) is 1.36. The number of rotatable bonds is 9. The monoisotopic (exact) mass is 691 g/mol. The number of carbonyl (C=O) groups excluding carboxylic acids is 2. The van der Waals surface area contributed by atoms with E-state index in [2.05, 4.69) is 21.2 Å². The topological polar surface area (TPSA) is 141 Å². The molecular formula is C26H19BrIN3O7. The minimum absolute atomic E-state index is 0.156. The van der Waals surface area contributed by atoms with Crippen LogP contribution in [0.5, 0.6) is 17.2 Å². The molecule has 0 spiro atoms. The molecule has 3 aromatic carbocycles. The molecule has 38 heavy (non-hydrogen) atoms. The van der Waals surface area contributed by atoms with E-state index in [1.165, 1.54) is 31.4 Å². The number of amides is 1. The third-order valence-corrected chi connectivity index (χ3v) is 6.40. The number of nitrogens with one attached hydrogen (secondary N) is 1. The van der Waals surface area contributed by atoms with Gasteiger partial charge < -0.3 is 19.5 Å². The SMILES string of the molecule is CCOc1cc(C=C(C#N)C(=O)Nc2ccc([N+](=O)[O-])cc2Br)cc(I)c1OC(=O)c1ccc(OC)cc1. The summed E-state index contributed by atoms with van der Waals surface area (Å²) in [7, 11) is 1.52. The Morgan fingerprint density at radius 1 is 1.18 bits per heavy atom. The van der Waals surface area contributed by atoms with Crippen LogP contribution in [0.15, 0.2) is 64.6 Å². The Labute approximate surface area is 239 Å². The van der Waals surface area contributed by atoms with E-state index < -0.39 is 16.8 Å². The molecule has 12 heteroatoms. The van der Waals surface area contributed by atoms with E-state index >= 15 is 0 Å². The van der Waals surface area contributed by atoms with E-state index in [1.54, 1.807) is 43.3 Å². The van der Waals surface area contributed by atoms with E-state index in [9.17, 15) is 25.0 Å². The third kappa shape index (κ3) is 7.08. The number of benzene rings is 3. The summed E-state index contributed by atoms with van der Waals surface area (Å²) in [6, 6.07) is 15.3. The summed E-state index contributed by atoms with van der Waals surface area (Å²) in [4.78, 5) is 35.8. The number of non-ortho nitro benzene ring substituents is 1. The van der Waals surface area contributed by atoms with E-state index in [4.69, 9.17) is 14.2 Å². The van der Waals surface area contributed by atoms with Crippen LogP contribution in [0.2, 0.25) is 0 Å². The van der Waals surface area contributed by atoms with E-state index in [1.807, 2.05) is 28.7 Å². The molecule has 0 aromatic heterocycles. The van der Waals surface area contributed by atoms with E-state index in [0.29, 0.717) is 20.4 Å². The molecule has 0 atom stereocenters. The van der Waals surface area contributed by atoms with Gasteiger partial charge in [-0.3, -0.25) is 14.9 Å². The second kappa shape index (κ2) is 13.0. The second-order valence-electron chi connectivity index (χ2n) is 7.43. The molecule has 0 aliphatic rings. The number of nitro groups is 1. The summed E-state index contributed by atoms with van der Waals surface area (Å²) >= 11 is 5.15. The zero-order valence-electron chi connectivity index (χ0n) is 20.0. The molecule has 194 valence electrons. The normalized spacial score (nSPS) is 10.8. The van der Waals surface area contributed by atoms with Crippen molar-refractivity contribution in [3.8, 4) is 23.3 Å². The van der Waals surface area contributed by atoms with Crippen molar-refractivity contribution in [1.82, 2.24) is 0 Å². The lowest BCUT2D eigenvalue weighted by Gasteiger charge is -2.14. The van der Waals surface area contributed by atoms with Crippen LogP contribution in [-0.2, 0) is 4.79 Å². The molecule has 0 aliphatic carbocycles. The standard InChI is InChI=1S/C26H19BrIN3O7/c1-3-37-23-12-15(11-21(28)24(23)38-26(33)16-4-7-19(36-2)8-5-16)10-17(14-29)25(32)30-22-9-6-18(31(34)35)13-20(22)27/h4-13H,3H2,1-2H3,(H,30,32). The van der Waals surface area contributed by atoms with Crippen LogP contribution in [0.25, 0.3) is 6.08 Å². The highest BCUT2D eigenvalue weighted by Crippen LogP contribution is 2.36. The van der Waals surface area contributed by atoms with Gasteiger partial charge in [0.2, 0.25) is 0 Å². The maximum atomic E-state index is 12.8. The number of anilines is 1. The molecule has 0 radical (unpaired) electrons. The molecular weight excluding hydrogens is 673 g/mol. The van der Waals surface area contributed by atoms with Crippen LogP contribution in [-0.4, -0.2) is 30.5 Å². The Hall–Kier alpha value is -3.96. The van der Waals surface area contributed by atoms with Gasteiger partial charge in [0.05, 0.1) is 33.5 Å². The first kappa shape index (κ1) is 28.6. The molecule has 0 aliphatic heterocycles. The smallest absolute Gasteiger partial charge is 0.343 e. The van der Waals surface area contributed by atoms with Gasteiger partial charge in [0.15, 0.2) is 11.5 Å². The molecule has 10 nitrogen and oxygen atoms in total. The number of nitrogens with zero attached hydrogens (tertiary/aromatic N) is 2. The molecule has 0 saturated carbocycles. The van der Waals surface area contributed by atoms with Crippen LogP contribution < -0.4 is 19.5 Å². The van der Waals surface area contributed by atoms with Gasteiger partial charge >= 0.3 is 5.97 Å². The predicted molar refractivity (Wildman–Crippen MR) is 151 cm³/mol. The third-order valence-electron chi connectivity index (χ3n) is 4.94. The summed E-state index contributed by atoms with van der Waals surface area (Å²) in [6.45, 7) is 2.04. The van der Waals surface area contributed by atoms with Crippen LogP contribution in [0.4, 0.5) is 11.4 Å². The number of methoxy groups -OCH3 is 1. The van der Waals surface area contributed by atoms with Gasteiger partial charge in [-0.2, -0.15) is 5.26 Å². The van der Waals surface area contributed by atoms with Gasteiger partial charge in [-0.25, -0.2) is 4.79 Å². The summed E-state index contributed by atoms with van der Waals surface area (Å²) in [5.74, 6) is -0.266. The van der Waals surface area contributed by atoms with Crippen molar-refractivity contribution in [2.45, 2.75) is 6.92 Å². The Bertz CT molecular complexity index is 1470. The first-order chi connectivity index (χ1) is 18.2. The van der Waals surface area contributed by atoms with E-state index in [0.717, 1.165) is 0 Å². The van der Waals surface area contributed by atoms with Crippen molar-refractivity contribution in [1.29, 1.82) is 5.26 Å². The fourth-order valence-electron chi connectivity index (χ4n) is 3.14. The quantitative estimate of drug-likeness (QED) is 0.0537. The molecule has 1 N–H and O–H groups in total. The van der Waals surface area contributed by atoms with Crippen molar-refractivity contribution in [3.63, 3.8) is 0 Å². The second-order valence-corrected chi connectivity index (χ2v) is 9.44. The lowest BCUT2D eigenvalue weighted by atomic mass is 10.1. The lowest BCUT2D eigenvalue weighted by molar-refractivity contribution is -0.384. The Morgan fingerprint density at radius 2 is 1.89 bits per heavy atom. The highest BCUT2D eigenvalue weighted by atomic mass is 127. The number of halogens is 2. The largest absolute Gasteiger partial charge is 0.497 e. The molecule has 0 fully saturated rings. The highest BCUT2D eigenvalue weighted by molar-refractivity contribution is 14.1. The van der Waals surface area contributed by atoms with Gasteiger partial charge in [-0.15, -0.1) is 0 Å². The van der Waals surface area contributed by atoms with Gasteiger partial charge in [0.25, 0.3) is 11.6 Å². The molecule has 0 bridgehead atoms. The van der Waals surface area contributed by atoms with Crippen molar-refractivity contribution >= 4 is 67.8 Å². The van der Waals surface area contributed by atoms with Crippen molar-refractivity contribution in [3.05, 3.63) is 89.5 Å². The minimum Gasteiger partial charge on any atom is -0.497 e. The van der Waals surface area contributed by atoms with Gasteiger partial charge in [-0.1, -0.05) is 0 Å². The molecule has 3 aromatic rings. The van der Waals surface area contributed by atoms with Crippen LogP contribution >= 0.6 is 38.5 Å². The average molecular weight is 692 g/mol. The fourth-order valence-corrected chi connectivity index (χ4v) is 4.34. The van der Waals surface area contributed by atoms with Crippen molar-refractivity contribution in [2.24, 2.45) is 0 Å². The van der Waals surface area contributed by atoms with Crippen LogP contribution in [0, 0.1) is 25.0 Å². The maximum Gasteiger partial charge on any atom is 0.343 e. The molecule has 1 amide bonds. The van der Waals surface area contributed by atoms with Gasteiger partial charge in [0.1, 0.15) is 17.4 Å². The summed E-state index contributed by atoms with van der Waals surface area (Å²) in [5.41, 5.74) is 0.644. The zero-order chi connectivity index (χ0) is 27.8. The van der Waals surface area contributed by atoms with Gasteiger partial charge in [-0.05, 0) is 99.5 Å². The number of esters is 1. The summed E-state index contributed by atoms with van der Waals surface area (Å²) in [5, 5.41) is 23.1. The fraction of sp³-hybridized carbons (Fsp3) is 0.115. The number of hydrogen-bond acceptors (Lipinski definition) is 8. The number of ether oxygens (including phenoxy) is 3. The zero-order valence-corrected chi connectivity index (χ0v) is 23.7. The number of hydrogen-bond donors (Lipinski definition) is 1. The number of nitro benzene ring substituents is 1. The number of carbonyl (C=O) groups is 2. The van der Waals surface area contributed by atoms with Gasteiger partial charge in [0, 0.05) is 16.6 Å². The first-order valence-corrected chi connectivity index (χ1v) is 12.7. The minimum atomic E-state index is -0.718. The first-order valence-electron chi connectivity index (χ1n) is 10.9. The van der Waals surface area contributed by atoms with Crippen molar-refractivity contribution < 1.29 is 28.7 Å². The lowest BCUT2D eigenvalue weighted by Crippen LogP contribution is -2.14. The predicted octanol–water partition coefficient (Wildman–Crippen LogP) is 6.13. The molecule has 0 heterocycles. The Kier molecular flexibility index (Phi) is 9.80. The van der Waals surface area contributed by atoms with E-state index in [-0.39, 0.29) is 39.5 Å². The maximum absolute atomic E-state index is 12.8. The number of nitriles is 1. The molecule has 0 unspecified atom stereocenters. The highest BCUT2D eigenvalue weighted by Gasteiger charge is 2.19. The molecule has 3 rings (SSSR count). The Morgan fingerprint density at radius 3 is 2.47 bits per heavy atom. The Balaban J connectivity index is 1.87. The average Bonchev–Trinajstić information content (AvgIpc) is 2.90. The summed E-state index contributed by atoms with van der Waals surface area (Å²) < 4.78 is 17.2. The van der Waals surface area contributed by atoms with Crippen LogP contribution in [0.1, 0.15) is 22.8 Å². The molecule has 0 saturated heterocycles. The van der Waals surface area contributed by atoms with Crippen molar-refractivity contribution in [2.75, 3.05) is 19.0 Å².